The summed E-state index contributed by atoms with van der Waals surface area (Å²) in [5.41, 5.74) is 0.790. The minimum Gasteiger partial charge on any atom is -0.450 e. The first-order valence-electron chi connectivity index (χ1n) is 6.73. The summed E-state index contributed by atoms with van der Waals surface area (Å²) in [6.45, 7) is 2.63. The van der Waals surface area contributed by atoms with Crippen LogP contribution >= 0.6 is 0 Å². The van der Waals surface area contributed by atoms with E-state index in [0.717, 1.165) is 5.56 Å². The molecule has 0 aliphatic carbocycles. The van der Waals surface area contributed by atoms with Crippen LogP contribution in [0.25, 0.3) is 0 Å². The van der Waals surface area contributed by atoms with Crippen molar-refractivity contribution in [2.24, 2.45) is 0 Å². The standard InChI is InChI=1S/C14H19NO4S/c1-2-19-14(16)15-9-8-13(20(17,18)11-10-15)12-6-4-3-5-7-12/h3-7,13H,2,8-11H2,1H3/t13-/m1/s1. The Labute approximate surface area is 119 Å². The van der Waals surface area contributed by atoms with Crippen LogP contribution in [0.2, 0.25) is 0 Å². The lowest BCUT2D eigenvalue weighted by molar-refractivity contribution is 0.109. The van der Waals surface area contributed by atoms with E-state index in [9.17, 15) is 13.2 Å². The molecule has 1 aliphatic heterocycles. The van der Waals surface area contributed by atoms with Crippen LogP contribution in [-0.2, 0) is 14.6 Å². The van der Waals surface area contributed by atoms with Crippen molar-refractivity contribution in [3.8, 4) is 0 Å². The highest BCUT2D eigenvalue weighted by molar-refractivity contribution is 7.91. The zero-order valence-electron chi connectivity index (χ0n) is 11.5. The monoisotopic (exact) mass is 297 g/mol. The van der Waals surface area contributed by atoms with Crippen LogP contribution in [0.15, 0.2) is 30.3 Å². The number of hydrogen-bond donors (Lipinski definition) is 0. The fourth-order valence-corrected chi connectivity index (χ4v) is 4.18. The first kappa shape index (κ1) is 14.8. The Morgan fingerprint density at radius 1 is 1.30 bits per heavy atom. The van der Waals surface area contributed by atoms with E-state index in [4.69, 9.17) is 4.74 Å². The van der Waals surface area contributed by atoms with Gasteiger partial charge in [-0.05, 0) is 18.9 Å². The maximum absolute atomic E-state index is 12.3. The molecule has 1 aliphatic rings. The first-order valence-corrected chi connectivity index (χ1v) is 8.44. The fourth-order valence-electron chi connectivity index (χ4n) is 2.38. The molecule has 5 nitrogen and oxygen atoms in total. The van der Waals surface area contributed by atoms with Gasteiger partial charge in [0.05, 0.1) is 17.6 Å². The second-order valence-corrected chi connectivity index (χ2v) is 7.04. The van der Waals surface area contributed by atoms with E-state index in [1.54, 1.807) is 6.92 Å². The van der Waals surface area contributed by atoms with Crippen LogP contribution in [0.5, 0.6) is 0 Å². The van der Waals surface area contributed by atoms with Gasteiger partial charge in [-0.3, -0.25) is 0 Å². The summed E-state index contributed by atoms with van der Waals surface area (Å²) in [5, 5.41) is -0.539. The Balaban J connectivity index is 2.18. The summed E-state index contributed by atoms with van der Waals surface area (Å²) in [6.07, 6.45) is -0.0260. The predicted molar refractivity (Wildman–Crippen MR) is 76.2 cm³/mol. The molecule has 0 N–H and O–H groups in total. The molecule has 20 heavy (non-hydrogen) atoms. The molecule has 2 rings (SSSR count). The van der Waals surface area contributed by atoms with Crippen LogP contribution in [0, 0.1) is 0 Å². The molecular formula is C14H19NO4S. The van der Waals surface area contributed by atoms with E-state index in [0.29, 0.717) is 19.6 Å². The van der Waals surface area contributed by atoms with Gasteiger partial charge in [-0.2, -0.15) is 0 Å². The van der Waals surface area contributed by atoms with Gasteiger partial charge in [0.2, 0.25) is 0 Å². The van der Waals surface area contributed by atoms with E-state index >= 15 is 0 Å². The molecule has 0 aromatic heterocycles. The number of amides is 1. The maximum atomic E-state index is 12.3. The third kappa shape index (κ3) is 3.30. The van der Waals surface area contributed by atoms with Gasteiger partial charge >= 0.3 is 6.09 Å². The molecule has 110 valence electrons. The summed E-state index contributed by atoms with van der Waals surface area (Å²) in [5.74, 6) is -0.0224. The topological polar surface area (TPSA) is 63.7 Å². The van der Waals surface area contributed by atoms with E-state index in [1.807, 2.05) is 30.3 Å². The largest absolute Gasteiger partial charge is 0.450 e. The van der Waals surface area contributed by atoms with Crippen molar-refractivity contribution in [3.05, 3.63) is 35.9 Å². The summed E-state index contributed by atoms with van der Waals surface area (Å²) in [7, 11) is -3.24. The normalized spacial score (nSPS) is 22.1. The number of carbonyl (C=O) groups is 1. The number of hydrogen-bond acceptors (Lipinski definition) is 4. The van der Waals surface area contributed by atoms with E-state index in [1.165, 1.54) is 4.90 Å². The smallest absolute Gasteiger partial charge is 0.409 e. The third-order valence-corrected chi connectivity index (χ3v) is 5.56. The van der Waals surface area contributed by atoms with Crippen LogP contribution < -0.4 is 0 Å². The molecule has 0 spiro atoms. The van der Waals surface area contributed by atoms with E-state index in [2.05, 4.69) is 0 Å². The Kier molecular flexibility index (Phi) is 4.65. The number of rotatable bonds is 2. The van der Waals surface area contributed by atoms with Gasteiger partial charge in [0, 0.05) is 13.1 Å². The molecular weight excluding hydrogens is 278 g/mol. The van der Waals surface area contributed by atoms with Crippen molar-refractivity contribution in [2.75, 3.05) is 25.4 Å². The minimum atomic E-state index is -3.24. The van der Waals surface area contributed by atoms with E-state index < -0.39 is 21.2 Å². The molecule has 0 saturated carbocycles. The third-order valence-electron chi connectivity index (χ3n) is 3.44. The Morgan fingerprint density at radius 2 is 2.00 bits per heavy atom. The van der Waals surface area contributed by atoms with Crippen LogP contribution in [0.1, 0.15) is 24.2 Å². The summed E-state index contributed by atoms with van der Waals surface area (Å²) >= 11 is 0. The second kappa shape index (κ2) is 6.26. The van der Waals surface area contributed by atoms with Crippen LogP contribution in [0.3, 0.4) is 0 Å². The fraction of sp³-hybridized carbons (Fsp3) is 0.500. The number of sulfone groups is 1. The highest BCUT2D eigenvalue weighted by Gasteiger charge is 2.32. The molecule has 6 heteroatoms. The summed E-state index contributed by atoms with van der Waals surface area (Å²) in [6, 6.07) is 9.17. The lowest BCUT2D eigenvalue weighted by atomic mass is 10.1. The maximum Gasteiger partial charge on any atom is 0.409 e. The molecule has 0 unspecified atom stereocenters. The van der Waals surface area contributed by atoms with Gasteiger partial charge in [-0.1, -0.05) is 30.3 Å². The zero-order chi connectivity index (χ0) is 14.6. The van der Waals surface area contributed by atoms with Crippen LogP contribution in [-0.4, -0.2) is 44.9 Å². The molecule has 0 bridgehead atoms. The average molecular weight is 297 g/mol. The quantitative estimate of drug-likeness (QED) is 0.837. The lowest BCUT2D eigenvalue weighted by Gasteiger charge is -2.18. The number of carbonyl (C=O) groups excluding carboxylic acids is 1. The van der Waals surface area contributed by atoms with Crippen molar-refractivity contribution in [1.29, 1.82) is 0 Å². The van der Waals surface area contributed by atoms with Crippen molar-refractivity contribution in [1.82, 2.24) is 4.90 Å². The Hall–Kier alpha value is -1.56. The molecule has 1 atom stereocenters. The SMILES string of the molecule is CCOC(=O)N1CC[C@H](c2ccccc2)S(=O)(=O)CC1. The molecule has 1 aromatic carbocycles. The number of nitrogens with zero attached hydrogens (tertiary/aromatic N) is 1. The predicted octanol–water partition coefficient (Wildman–Crippen LogP) is 2.00. The van der Waals surface area contributed by atoms with Gasteiger partial charge in [-0.25, -0.2) is 13.2 Å². The Bertz CT molecular complexity index is 556. The molecule has 1 fully saturated rings. The molecule has 0 radical (unpaired) electrons. The zero-order valence-corrected chi connectivity index (χ0v) is 12.3. The van der Waals surface area contributed by atoms with Gasteiger partial charge in [0.15, 0.2) is 9.84 Å². The summed E-state index contributed by atoms with van der Waals surface area (Å²) < 4.78 is 29.6. The molecule has 1 aromatic rings. The van der Waals surface area contributed by atoms with Crippen LogP contribution in [0.4, 0.5) is 4.79 Å². The highest BCUT2D eigenvalue weighted by Crippen LogP contribution is 2.29. The average Bonchev–Trinajstić information content (AvgIpc) is 2.58. The highest BCUT2D eigenvalue weighted by atomic mass is 32.2. The van der Waals surface area contributed by atoms with Gasteiger partial charge in [0.25, 0.3) is 0 Å². The van der Waals surface area contributed by atoms with Crippen molar-refractivity contribution in [3.63, 3.8) is 0 Å². The number of benzene rings is 1. The summed E-state index contributed by atoms with van der Waals surface area (Å²) in [4.78, 5) is 13.2. The van der Waals surface area contributed by atoms with Gasteiger partial charge in [-0.15, -0.1) is 0 Å². The lowest BCUT2D eigenvalue weighted by Crippen LogP contribution is -2.34. The van der Waals surface area contributed by atoms with Crippen molar-refractivity contribution >= 4 is 15.9 Å². The van der Waals surface area contributed by atoms with Gasteiger partial charge in [0.1, 0.15) is 0 Å². The second-order valence-electron chi connectivity index (χ2n) is 4.74. The first-order chi connectivity index (χ1) is 9.54. The molecule has 1 heterocycles. The minimum absolute atomic E-state index is 0.0224. The molecule has 1 amide bonds. The van der Waals surface area contributed by atoms with Crippen molar-refractivity contribution in [2.45, 2.75) is 18.6 Å². The van der Waals surface area contributed by atoms with E-state index in [-0.39, 0.29) is 12.3 Å². The Morgan fingerprint density at radius 3 is 2.65 bits per heavy atom. The van der Waals surface area contributed by atoms with Gasteiger partial charge < -0.3 is 9.64 Å². The molecule has 1 saturated heterocycles. The van der Waals surface area contributed by atoms with Crippen molar-refractivity contribution < 1.29 is 17.9 Å². The number of ether oxygens (including phenoxy) is 1.